The summed E-state index contributed by atoms with van der Waals surface area (Å²) in [5.74, 6) is 1.22. The second-order valence-corrected chi connectivity index (χ2v) is 6.71. The fourth-order valence-electron chi connectivity index (χ4n) is 3.28. The summed E-state index contributed by atoms with van der Waals surface area (Å²) in [7, 11) is 0. The Balaban J connectivity index is 0.00000225. The topological polar surface area (TPSA) is 71.3 Å². The van der Waals surface area contributed by atoms with Gasteiger partial charge in [-0.05, 0) is 38.3 Å². The number of nitrogens with zero attached hydrogens (tertiary/aromatic N) is 3. The summed E-state index contributed by atoms with van der Waals surface area (Å²) < 4.78 is 0. The molecule has 1 aromatic carbocycles. The van der Waals surface area contributed by atoms with E-state index in [2.05, 4.69) is 27.0 Å². The molecule has 0 atom stereocenters. The van der Waals surface area contributed by atoms with Gasteiger partial charge in [0, 0.05) is 32.7 Å². The van der Waals surface area contributed by atoms with Gasteiger partial charge in [-0.25, -0.2) is 0 Å². The molecule has 140 valence electrons. The van der Waals surface area contributed by atoms with Gasteiger partial charge in [-0.15, -0.1) is 24.0 Å². The second-order valence-electron chi connectivity index (χ2n) is 6.71. The summed E-state index contributed by atoms with van der Waals surface area (Å²) >= 11 is 0. The first-order chi connectivity index (χ1) is 11.6. The normalized spacial score (nSPS) is 19.8. The molecule has 6 nitrogen and oxygen atoms in total. The number of aromatic hydroxyl groups is 1. The minimum atomic E-state index is -0.585. The fourth-order valence-corrected chi connectivity index (χ4v) is 3.28. The van der Waals surface area contributed by atoms with Crippen LogP contribution in [0.4, 0.5) is 5.69 Å². The van der Waals surface area contributed by atoms with Gasteiger partial charge in [-0.3, -0.25) is 4.99 Å². The standard InChI is InChI=1S/C18H28N4O2.HI/c1-2-19-17(20-14-18(24)8-5-9-18)22-12-10-21(11-13-22)15-6-3-4-7-16(15)23;/h3-4,6-7,23-24H,2,5,8-14H2,1H3,(H,19,20);1H. The number of piperazine rings is 1. The van der Waals surface area contributed by atoms with Gasteiger partial charge in [0.2, 0.25) is 0 Å². The van der Waals surface area contributed by atoms with Crippen molar-refractivity contribution in [1.82, 2.24) is 10.2 Å². The lowest BCUT2D eigenvalue weighted by molar-refractivity contribution is -0.0237. The molecule has 0 radical (unpaired) electrons. The lowest BCUT2D eigenvalue weighted by Gasteiger charge is -2.39. The van der Waals surface area contributed by atoms with Gasteiger partial charge in [-0.1, -0.05) is 12.1 Å². The van der Waals surface area contributed by atoms with Gasteiger partial charge in [0.1, 0.15) is 5.75 Å². The van der Waals surface area contributed by atoms with Crippen LogP contribution in [0, 0.1) is 0 Å². The number of hydrogen-bond donors (Lipinski definition) is 3. The maximum Gasteiger partial charge on any atom is 0.194 e. The lowest BCUT2D eigenvalue weighted by atomic mass is 9.80. The first-order valence-electron chi connectivity index (χ1n) is 8.90. The average Bonchev–Trinajstić information content (AvgIpc) is 2.58. The van der Waals surface area contributed by atoms with E-state index >= 15 is 0 Å². The molecule has 2 fully saturated rings. The summed E-state index contributed by atoms with van der Waals surface area (Å²) in [5.41, 5.74) is 0.307. The Morgan fingerprint density at radius 3 is 2.44 bits per heavy atom. The van der Waals surface area contributed by atoms with Crippen LogP contribution >= 0.6 is 24.0 Å². The molecular weight excluding hydrogens is 431 g/mol. The third kappa shape index (κ3) is 4.91. The zero-order valence-electron chi connectivity index (χ0n) is 14.8. The monoisotopic (exact) mass is 460 g/mol. The minimum Gasteiger partial charge on any atom is -0.506 e. The highest BCUT2D eigenvalue weighted by Crippen LogP contribution is 2.31. The van der Waals surface area contributed by atoms with Crippen LogP contribution in [-0.4, -0.2) is 65.9 Å². The van der Waals surface area contributed by atoms with E-state index in [1.807, 2.05) is 18.2 Å². The van der Waals surface area contributed by atoms with Crippen molar-refractivity contribution in [3.63, 3.8) is 0 Å². The first kappa shape index (κ1) is 20.1. The summed E-state index contributed by atoms with van der Waals surface area (Å²) in [6.45, 7) is 6.73. The SMILES string of the molecule is CCNC(=NCC1(O)CCC1)N1CCN(c2ccccc2O)CC1.I. The Morgan fingerprint density at radius 1 is 1.20 bits per heavy atom. The third-order valence-corrected chi connectivity index (χ3v) is 4.94. The van der Waals surface area contributed by atoms with Crippen molar-refractivity contribution in [2.24, 2.45) is 4.99 Å². The average molecular weight is 460 g/mol. The summed E-state index contributed by atoms with van der Waals surface area (Å²) in [6, 6.07) is 7.48. The van der Waals surface area contributed by atoms with Crippen LogP contribution in [-0.2, 0) is 0 Å². The molecule has 1 aliphatic carbocycles. The number of aliphatic imine (C=N–C) groups is 1. The first-order valence-corrected chi connectivity index (χ1v) is 8.90. The number of guanidine groups is 1. The van der Waals surface area contributed by atoms with Gasteiger partial charge in [-0.2, -0.15) is 0 Å². The van der Waals surface area contributed by atoms with Crippen molar-refractivity contribution in [2.75, 3.05) is 44.2 Å². The summed E-state index contributed by atoms with van der Waals surface area (Å²) in [5, 5.41) is 23.6. The molecule has 0 amide bonds. The van der Waals surface area contributed by atoms with Crippen molar-refractivity contribution in [3.8, 4) is 5.75 Å². The molecule has 2 aliphatic rings. The number of anilines is 1. The zero-order chi connectivity index (χ0) is 17.0. The van der Waals surface area contributed by atoms with E-state index in [-0.39, 0.29) is 24.0 Å². The highest BCUT2D eigenvalue weighted by atomic mass is 127. The Morgan fingerprint density at radius 2 is 1.88 bits per heavy atom. The van der Waals surface area contributed by atoms with Gasteiger partial charge in [0.05, 0.1) is 17.8 Å². The summed E-state index contributed by atoms with van der Waals surface area (Å²) in [6.07, 6.45) is 2.82. The number of aliphatic hydroxyl groups is 1. The van der Waals surface area contributed by atoms with Gasteiger partial charge in [0.25, 0.3) is 0 Å². The van der Waals surface area contributed by atoms with E-state index in [4.69, 9.17) is 0 Å². The van der Waals surface area contributed by atoms with Crippen molar-refractivity contribution in [3.05, 3.63) is 24.3 Å². The molecule has 0 aromatic heterocycles. The van der Waals surface area contributed by atoms with E-state index in [0.29, 0.717) is 12.3 Å². The molecule has 1 saturated heterocycles. The van der Waals surface area contributed by atoms with Crippen molar-refractivity contribution < 1.29 is 10.2 Å². The maximum atomic E-state index is 10.3. The van der Waals surface area contributed by atoms with E-state index in [0.717, 1.165) is 63.6 Å². The number of phenolic OH excluding ortho intramolecular Hbond substituents is 1. The lowest BCUT2D eigenvalue weighted by Crippen LogP contribution is -2.53. The molecule has 3 N–H and O–H groups in total. The van der Waals surface area contributed by atoms with Crippen LogP contribution in [0.2, 0.25) is 0 Å². The van der Waals surface area contributed by atoms with Crippen LogP contribution in [0.15, 0.2) is 29.3 Å². The van der Waals surface area contributed by atoms with Gasteiger partial charge < -0.3 is 25.3 Å². The van der Waals surface area contributed by atoms with Crippen molar-refractivity contribution >= 4 is 35.6 Å². The molecular formula is C18H29IN4O2. The number of para-hydroxylation sites is 2. The second kappa shape index (κ2) is 8.93. The largest absolute Gasteiger partial charge is 0.506 e. The molecule has 1 aliphatic heterocycles. The molecule has 0 spiro atoms. The number of nitrogens with one attached hydrogen (secondary N) is 1. The molecule has 1 saturated carbocycles. The molecule has 1 aromatic rings. The Bertz CT molecular complexity index is 584. The number of halogens is 1. The number of benzene rings is 1. The van der Waals surface area contributed by atoms with Crippen LogP contribution in [0.5, 0.6) is 5.75 Å². The van der Waals surface area contributed by atoms with E-state index in [1.54, 1.807) is 6.07 Å². The molecule has 25 heavy (non-hydrogen) atoms. The van der Waals surface area contributed by atoms with Crippen molar-refractivity contribution in [1.29, 1.82) is 0 Å². The highest BCUT2D eigenvalue weighted by molar-refractivity contribution is 14.0. The number of phenols is 1. The van der Waals surface area contributed by atoms with Crippen molar-refractivity contribution in [2.45, 2.75) is 31.8 Å². The smallest absolute Gasteiger partial charge is 0.194 e. The molecule has 0 bridgehead atoms. The predicted molar refractivity (Wildman–Crippen MR) is 112 cm³/mol. The van der Waals surface area contributed by atoms with Gasteiger partial charge >= 0.3 is 0 Å². The van der Waals surface area contributed by atoms with E-state index in [1.165, 1.54) is 0 Å². The van der Waals surface area contributed by atoms with E-state index < -0.39 is 5.60 Å². The number of hydrogen-bond acceptors (Lipinski definition) is 4. The third-order valence-electron chi connectivity index (χ3n) is 4.94. The zero-order valence-corrected chi connectivity index (χ0v) is 17.1. The minimum absolute atomic E-state index is 0. The Hall–Kier alpha value is -1.22. The number of rotatable bonds is 4. The highest BCUT2D eigenvalue weighted by Gasteiger charge is 2.34. The molecule has 7 heteroatoms. The van der Waals surface area contributed by atoms with Gasteiger partial charge in [0.15, 0.2) is 5.96 Å². The molecule has 1 heterocycles. The van der Waals surface area contributed by atoms with Crippen LogP contribution in [0.25, 0.3) is 0 Å². The van der Waals surface area contributed by atoms with Crippen LogP contribution in [0.1, 0.15) is 26.2 Å². The molecule has 3 rings (SSSR count). The van der Waals surface area contributed by atoms with Crippen LogP contribution in [0.3, 0.4) is 0 Å². The Kier molecular flexibility index (Phi) is 7.18. The fraction of sp³-hybridized carbons (Fsp3) is 0.611. The summed E-state index contributed by atoms with van der Waals surface area (Å²) in [4.78, 5) is 9.10. The van der Waals surface area contributed by atoms with Crippen LogP contribution < -0.4 is 10.2 Å². The predicted octanol–water partition coefficient (Wildman–Crippen LogP) is 2.01. The Labute approximate surface area is 166 Å². The maximum absolute atomic E-state index is 10.3. The quantitative estimate of drug-likeness (QED) is 0.365. The van der Waals surface area contributed by atoms with E-state index in [9.17, 15) is 10.2 Å². The molecule has 0 unspecified atom stereocenters.